The van der Waals surface area contributed by atoms with E-state index in [9.17, 15) is 9.59 Å². The van der Waals surface area contributed by atoms with Gasteiger partial charge in [0, 0.05) is 21.3 Å². The summed E-state index contributed by atoms with van der Waals surface area (Å²) in [5.41, 5.74) is 1.76. The molecule has 0 unspecified atom stereocenters. The Morgan fingerprint density at radius 2 is 1.39 bits per heavy atom. The Morgan fingerprint density at radius 3 is 2.00 bits per heavy atom. The molecular formula is C22H18BrNO4. The maximum Gasteiger partial charge on any atom is 0.255 e. The molecule has 0 atom stereocenters. The molecule has 1 amide bonds. The number of Topliss-reactive ketones (excluding diaryl/α,β-unsaturated/α-hetero) is 1. The molecule has 0 saturated heterocycles. The highest BCUT2D eigenvalue weighted by molar-refractivity contribution is 9.10. The van der Waals surface area contributed by atoms with Crippen molar-refractivity contribution in [1.82, 2.24) is 0 Å². The van der Waals surface area contributed by atoms with Crippen LogP contribution in [-0.2, 0) is 0 Å². The van der Waals surface area contributed by atoms with E-state index in [0.29, 0.717) is 28.3 Å². The van der Waals surface area contributed by atoms with Gasteiger partial charge in [0.2, 0.25) is 0 Å². The molecule has 0 heterocycles. The number of nitrogens with one attached hydrogen (secondary N) is 1. The molecule has 3 aromatic carbocycles. The van der Waals surface area contributed by atoms with Gasteiger partial charge in [-0.1, -0.05) is 15.9 Å². The largest absolute Gasteiger partial charge is 0.497 e. The number of benzene rings is 3. The molecule has 28 heavy (non-hydrogen) atoms. The summed E-state index contributed by atoms with van der Waals surface area (Å²) in [5.74, 6) is 0.910. The maximum absolute atomic E-state index is 12.2. The van der Waals surface area contributed by atoms with Gasteiger partial charge in [0.15, 0.2) is 12.4 Å². The average Bonchev–Trinajstić information content (AvgIpc) is 2.73. The number of methoxy groups -OCH3 is 1. The number of hydrogen-bond acceptors (Lipinski definition) is 4. The summed E-state index contributed by atoms with van der Waals surface area (Å²) in [5, 5.41) is 2.82. The van der Waals surface area contributed by atoms with Gasteiger partial charge < -0.3 is 14.8 Å². The number of carbonyl (C=O) groups excluding carboxylic acids is 2. The van der Waals surface area contributed by atoms with Crippen molar-refractivity contribution in [2.24, 2.45) is 0 Å². The van der Waals surface area contributed by atoms with Gasteiger partial charge in [0.05, 0.1) is 7.11 Å². The zero-order valence-corrected chi connectivity index (χ0v) is 16.7. The van der Waals surface area contributed by atoms with Crippen molar-refractivity contribution in [3.8, 4) is 11.5 Å². The van der Waals surface area contributed by atoms with Gasteiger partial charge >= 0.3 is 0 Å². The molecular weight excluding hydrogens is 422 g/mol. The zero-order valence-electron chi connectivity index (χ0n) is 15.1. The van der Waals surface area contributed by atoms with Gasteiger partial charge in [-0.05, 0) is 72.8 Å². The molecule has 0 aliphatic rings. The second-order valence-corrected chi connectivity index (χ2v) is 6.84. The molecule has 0 aromatic heterocycles. The van der Waals surface area contributed by atoms with Crippen molar-refractivity contribution in [2.45, 2.75) is 0 Å². The van der Waals surface area contributed by atoms with E-state index in [-0.39, 0.29) is 18.3 Å². The number of ether oxygens (including phenoxy) is 2. The maximum atomic E-state index is 12.2. The van der Waals surface area contributed by atoms with E-state index in [4.69, 9.17) is 9.47 Å². The SMILES string of the molecule is COc1ccc(C(=O)COc2ccc(NC(=O)c3ccc(Br)cc3)cc2)cc1. The zero-order chi connectivity index (χ0) is 19.9. The first-order valence-corrected chi connectivity index (χ1v) is 9.31. The normalized spacial score (nSPS) is 10.2. The van der Waals surface area contributed by atoms with Crippen LogP contribution in [0.4, 0.5) is 5.69 Å². The van der Waals surface area contributed by atoms with E-state index in [1.165, 1.54) is 0 Å². The summed E-state index contributed by atoms with van der Waals surface area (Å²) in [6, 6.07) is 20.8. The third-order valence-electron chi connectivity index (χ3n) is 4.00. The van der Waals surface area contributed by atoms with E-state index >= 15 is 0 Å². The Labute approximate surface area is 171 Å². The number of anilines is 1. The molecule has 0 saturated carbocycles. The van der Waals surface area contributed by atoms with E-state index in [1.54, 1.807) is 67.8 Å². The van der Waals surface area contributed by atoms with Crippen LogP contribution in [0.5, 0.6) is 11.5 Å². The summed E-state index contributed by atoms with van der Waals surface area (Å²) in [4.78, 5) is 24.4. The van der Waals surface area contributed by atoms with Crippen molar-refractivity contribution in [2.75, 3.05) is 19.0 Å². The lowest BCUT2D eigenvalue weighted by molar-refractivity contribution is 0.0921. The van der Waals surface area contributed by atoms with Crippen LogP contribution in [0, 0.1) is 0 Å². The first kappa shape index (κ1) is 19.6. The highest BCUT2D eigenvalue weighted by atomic mass is 79.9. The highest BCUT2D eigenvalue weighted by Crippen LogP contribution is 2.18. The lowest BCUT2D eigenvalue weighted by Crippen LogP contribution is -2.12. The predicted octanol–water partition coefficient (Wildman–Crippen LogP) is 4.97. The van der Waals surface area contributed by atoms with Crippen LogP contribution in [0.15, 0.2) is 77.3 Å². The van der Waals surface area contributed by atoms with Crippen LogP contribution in [0.1, 0.15) is 20.7 Å². The minimum absolute atomic E-state index is 0.0725. The molecule has 0 aliphatic carbocycles. The summed E-state index contributed by atoms with van der Waals surface area (Å²) < 4.78 is 11.5. The van der Waals surface area contributed by atoms with Crippen molar-refractivity contribution >= 4 is 33.3 Å². The molecule has 0 radical (unpaired) electrons. The molecule has 0 aliphatic heterocycles. The van der Waals surface area contributed by atoms with Crippen LogP contribution in [0.25, 0.3) is 0 Å². The Kier molecular flexibility index (Phi) is 6.45. The second kappa shape index (κ2) is 9.19. The molecule has 0 fully saturated rings. The summed E-state index contributed by atoms with van der Waals surface area (Å²) >= 11 is 3.34. The summed E-state index contributed by atoms with van der Waals surface area (Å²) in [6.07, 6.45) is 0. The minimum atomic E-state index is -0.198. The lowest BCUT2D eigenvalue weighted by atomic mass is 10.1. The van der Waals surface area contributed by atoms with Crippen molar-refractivity contribution in [3.05, 3.63) is 88.4 Å². The van der Waals surface area contributed by atoms with Crippen LogP contribution < -0.4 is 14.8 Å². The summed E-state index contributed by atoms with van der Waals surface area (Å²) in [7, 11) is 1.57. The van der Waals surface area contributed by atoms with Crippen LogP contribution in [-0.4, -0.2) is 25.4 Å². The highest BCUT2D eigenvalue weighted by Gasteiger charge is 2.08. The molecule has 5 nitrogen and oxygen atoms in total. The number of rotatable bonds is 7. The monoisotopic (exact) mass is 439 g/mol. The van der Waals surface area contributed by atoms with Crippen LogP contribution in [0.2, 0.25) is 0 Å². The Morgan fingerprint density at radius 1 is 0.821 bits per heavy atom. The van der Waals surface area contributed by atoms with Gasteiger partial charge in [-0.2, -0.15) is 0 Å². The number of hydrogen-bond donors (Lipinski definition) is 1. The van der Waals surface area contributed by atoms with Gasteiger partial charge in [-0.3, -0.25) is 9.59 Å². The average molecular weight is 440 g/mol. The van der Waals surface area contributed by atoms with Gasteiger partial charge in [0.1, 0.15) is 11.5 Å². The molecule has 142 valence electrons. The number of carbonyl (C=O) groups is 2. The fraction of sp³-hybridized carbons (Fsp3) is 0.0909. The smallest absolute Gasteiger partial charge is 0.255 e. The van der Waals surface area contributed by atoms with Crippen molar-refractivity contribution in [1.29, 1.82) is 0 Å². The van der Waals surface area contributed by atoms with Gasteiger partial charge in [-0.25, -0.2) is 0 Å². The lowest BCUT2D eigenvalue weighted by Gasteiger charge is -2.08. The third-order valence-corrected chi connectivity index (χ3v) is 4.53. The Bertz CT molecular complexity index is 951. The quantitative estimate of drug-likeness (QED) is 0.527. The van der Waals surface area contributed by atoms with E-state index in [0.717, 1.165) is 4.47 Å². The number of amides is 1. The number of ketones is 1. The molecule has 1 N–H and O–H groups in total. The number of halogens is 1. The van der Waals surface area contributed by atoms with Gasteiger partial charge in [0.25, 0.3) is 5.91 Å². The van der Waals surface area contributed by atoms with Crippen molar-refractivity contribution < 1.29 is 19.1 Å². The first-order valence-electron chi connectivity index (χ1n) is 8.52. The second-order valence-electron chi connectivity index (χ2n) is 5.93. The topological polar surface area (TPSA) is 64.6 Å². The molecule has 0 spiro atoms. The van der Waals surface area contributed by atoms with E-state index in [2.05, 4.69) is 21.2 Å². The van der Waals surface area contributed by atoms with Crippen LogP contribution >= 0.6 is 15.9 Å². The fourth-order valence-corrected chi connectivity index (χ4v) is 2.71. The van der Waals surface area contributed by atoms with Crippen LogP contribution in [0.3, 0.4) is 0 Å². The van der Waals surface area contributed by atoms with Gasteiger partial charge in [-0.15, -0.1) is 0 Å². The summed E-state index contributed by atoms with van der Waals surface area (Å²) in [6.45, 7) is -0.0725. The molecule has 3 rings (SSSR count). The Hall–Kier alpha value is -3.12. The third kappa shape index (κ3) is 5.20. The molecule has 0 bridgehead atoms. The van der Waals surface area contributed by atoms with Crippen molar-refractivity contribution in [3.63, 3.8) is 0 Å². The fourth-order valence-electron chi connectivity index (χ4n) is 2.45. The minimum Gasteiger partial charge on any atom is -0.497 e. The van der Waals surface area contributed by atoms with E-state index < -0.39 is 0 Å². The standard InChI is InChI=1S/C22H18BrNO4/c1-27-19-10-4-15(5-11-19)21(25)14-28-20-12-8-18(9-13-20)24-22(26)16-2-6-17(23)7-3-16/h2-13H,14H2,1H3,(H,24,26). The predicted molar refractivity (Wildman–Crippen MR) is 111 cm³/mol. The first-order chi connectivity index (χ1) is 13.5. The van der Waals surface area contributed by atoms with E-state index in [1.807, 2.05) is 12.1 Å². The molecule has 6 heteroatoms. The molecule has 3 aromatic rings. The Balaban J connectivity index is 1.54.